The molecule has 0 bridgehead atoms. The predicted molar refractivity (Wildman–Crippen MR) is 73.6 cm³/mol. The first kappa shape index (κ1) is 12.6. The third-order valence-corrected chi connectivity index (χ3v) is 3.32. The lowest BCUT2D eigenvalue weighted by Gasteiger charge is -2.11. The number of benzene rings is 2. The van der Waals surface area contributed by atoms with Crippen molar-refractivity contribution < 1.29 is 15.3 Å². The minimum atomic E-state index is -0.243. The van der Waals surface area contributed by atoms with Gasteiger partial charge in [0.05, 0.1) is 0 Å². The maximum Gasteiger partial charge on any atom is 0.165 e. The Kier molecular flexibility index (Phi) is 3.13. The average molecular weight is 262 g/mol. The van der Waals surface area contributed by atoms with Crippen molar-refractivity contribution >= 4 is 12.6 Å². The highest BCUT2D eigenvalue weighted by molar-refractivity contribution is 7.80. The monoisotopic (exact) mass is 262 g/mol. The molecule has 3 N–H and O–H groups in total. The van der Waals surface area contributed by atoms with Crippen molar-refractivity contribution in [3.63, 3.8) is 0 Å². The Morgan fingerprint density at radius 3 is 2.17 bits per heavy atom. The van der Waals surface area contributed by atoms with E-state index in [-0.39, 0.29) is 17.2 Å². The van der Waals surface area contributed by atoms with Gasteiger partial charge in [0.15, 0.2) is 11.5 Å². The normalized spacial score (nSPS) is 10.6. The number of hydrogen-bond acceptors (Lipinski definition) is 4. The van der Waals surface area contributed by atoms with Crippen molar-refractivity contribution in [3.05, 3.63) is 35.4 Å². The number of phenolic OH excluding ortho intramolecular Hbond substituents is 3. The smallest absolute Gasteiger partial charge is 0.165 e. The second-order valence-electron chi connectivity index (χ2n) is 4.34. The summed E-state index contributed by atoms with van der Waals surface area (Å²) in [5.74, 6) is -0.399. The molecule has 3 nitrogen and oxygen atoms in total. The molecule has 0 fully saturated rings. The van der Waals surface area contributed by atoms with Crippen LogP contribution < -0.4 is 0 Å². The molecule has 0 heterocycles. The van der Waals surface area contributed by atoms with Gasteiger partial charge in [0, 0.05) is 16.0 Å². The van der Waals surface area contributed by atoms with Crippen LogP contribution in [0.3, 0.4) is 0 Å². The Hall–Kier alpha value is -1.81. The molecule has 0 unspecified atom stereocenters. The maximum absolute atomic E-state index is 9.95. The van der Waals surface area contributed by atoms with Crippen LogP contribution in [0.1, 0.15) is 11.1 Å². The minimum Gasteiger partial charge on any atom is -0.507 e. The molecule has 0 aliphatic rings. The van der Waals surface area contributed by atoms with E-state index in [9.17, 15) is 15.3 Å². The first-order valence-corrected chi connectivity index (χ1v) is 5.90. The molecule has 2 aromatic rings. The summed E-state index contributed by atoms with van der Waals surface area (Å²) in [6, 6.07) is 6.41. The fourth-order valence-electron chi connectivity index (χ4n) is 1.86. The Morgan fingerprint density at radius 1 is 0.833 bits per heavy atom. The molecular weight excluding hydrogens is 248 g/mol. The fourth-order valence-corrected chi connectivity index (χ4v) is 2.06. The highest BCUT2D eigenvalue weighted by Gasteiger charge is 2.14. The summed E-state index contributed by atoms with van der Waals surface area (Å²) in [4.78, 5) is 0.711. The van der Waals surface area contributed by atoms with Crippen molar-refractivity contribution in [3.8, 4) is 28.4 Å². The molecule has 0 aliphatic heterocycles. The van der Waals surface area contributed by atoms with Gasteiger partial charge in [-0.2, -0.15) is 0 Å². The summed E-state index contributed by atoms with van der Waals surface area (Å²) in [5, 5.41) is 29.4. The minimum absolute atomic E-state index is 0.0469. The molecule has 2 aromatic carbocycles. The number of phenols is 3. The van der Waals surface area contributed by atoms with Gasteiger partial charge in [0.2, 0.25) is 0 Å². The van der Waals surface area contributed by atoms with Crippen LogP contribution in [0.15, 0.2) is 29.2 Å². The van der Waals surface area contributed by atoms with Gasteiger partial charge < -0.3 is 15.3 Å². The third-order valence-electron chi connectivity index (χ3n) is 2.84. The van der Waals surface area contributed by atoms with Crippen LogP contribution >= 0.6 is 12.6 Å². The number of aromatic hydroxyl groups is 3. The highest BCUT2D eigenvalue weighted by atomic mass is 32.1. The number of rotatable bonds is 1. The van der Waals surface area contributed by atoms with E-state index >= 15 is 0 Å². The molecule has 4 heteroatoms. The topological polar surface area (TPSA) is 60.7 Å². The zero-order chi connectivity index (χ0) is 13.4. The lowest BCUT2D eigenvalue weighted by atomic mass is 9.99. The third kappa shape index (κ3) is 2.11. The number of thiol groups is 1. The molecule has 18 heavy (non-hydrogen) atoms. The van der Waals surface area contributed by atoms with Crippen molar-refractivity contribution in [1.29, 1.82) is 0 Å². The molecule has 0 amide bonds. The highest BCUT2D eigenvalue weighted by Crippen LogP contribution is 2.42. The molecule has 2 rings (SSSR count). The second-order valence-corrected chi connectivity index (χ2v) is 4.82. The van der Waals surface area contributed by atoms with Crippen LogP contribution in [0, 0.1) is 13.8 Å². The summed E-state index contributed by atoms with van der Waals surface area (Å²) in [6.07, 6.45) is 0. The maximum atomic E-state index is 9.95. The molecule has 0 radical (unpaired) electrons. The Balaban J connectivity index is 2.73. The van der Waals surface area contributed by atoms with E-state index in [1.807, 2.05) is 6.92 Å². The molecule has 0 spiro atoms. The number of hydrogen-bond donors (Lipinski definition) is 4. The van der Waals surface area contributed by atoms with E-state index in [0.29, 0.717) is 16.0 Å². The Bertz CT molecular complexity index is 621. The Labute approximate surface area is 111 Å². The summed E-state index contributed by atoms with van der Waals surface area (Å²) in [6.45, 7) is 3.63. The molecular formula is C14H14O3S. The van der Waals surface area contributed by atoms with Crippen LogP contribution in [-0.4, -0.2) is 15.3 Å². The summed E-state index contributed by atoms with van der Waals surface area (Å²) >= 11 is 4.30. The van der Waals surface area contributed by atoms with Crippen molar-refractivity contribution in [2.24, 2.45) is 0 Å². The van der Waals surface area contributed by atoms with Crippen molar-refractivity contribution in [2.75, 3.05) is 0 Å². The molecule has 0 aromatic heterocycles. The van der Waals surface area contributed by atoms with Crippen LogP contribution in [0.25, 0.3) is 11.1 Å². The van der Waals surface area contributed by atoms with Crippen LogP contribution in [-0.2, 0) is 0 Å². The summed E-state index contributed by atoms with van der Waals surface area (Å²) < 4.78 is 0. The van der Waals surface area contributed by atoms with Crippen molar-refractivity contribution in [1.82, 2.24) is 0 Å². The van der Waals surface area contributed by atoms with E-state index in [0.717, 1.165) is 11.1 Å². The standard InChI is InChI=1S/C14H14O3S/c1-7-3-10(14(17)12(16)4-7)9-6-13(18)8(2)5-11(9)15/h3-6,15-18H,1-2H3. The van der Waals surface area contributed by atoms with E-state index in [4.69, 9.17) is 0 Å². The zero-order valence-electron chi connectivity index (χ0n) is 10.1. The molecule has 0 aliphatic carbocycles. The lowest BCUT2D eigenvalue weighted by molar-refractivity contribution is 0.404. The predicted octanol–water partition coefficient (Wildman–Crippen LogP) is 3.38. The van der Waals surface area contributed by atoms with Crippen LogP contribution in [0.4, 0.5) is 0 Å². The van der Waals surface area contributed by atoms with E-state index in [2.05, 4.69) is 12.6 Å². The van der Waals surface area contributed by atoms with Gasteiger partial charge in [-0.3, -0.25) is 0 Å². The molecule has 0 saturated heterocycles. The van der Waals surface area contributed by atoms with Gasteiger partial charge in [0.25, 0.3) is 0 Å². The van der Waals surface area contributed by atoms with Crippen molar-refractivity contribution in [2.45, 2.75) is 18.7 Å². The van der Waals surface area contributed by atoms with Gasteiger partial charge in [-0.25, -0.2) is 0 Å². The van der Waals surface area contributed by atoms with E-state index < -0.39 is 0 Å². The average Bonchev–Trinajstić information content (AvgIpc) is 2.29. The van der Waals surface area contributed by atoms with Crippen LogP contribution in [0.2, 0.25) is 0 Å². The SMILES string of the molecule is Cc1cc(O)c(O)c(-c2cc(S)c(C)cc2O)c1. The molecule has 0 atom stereocenters. The quantitative estimate of drug-likeness (QED) is 0.470. The lowest BCUT2D eigenvalue weighted by Crippen LogP contribution is -1.86. The Morgan fingerprint density at radius 2 is 1.50 bits per heavy atom. The van der Waals surface area contributed by atoms with E-state index in [1.165, 1.54) is 6.07 Å². The number of aryl methyl sites for hydroxylation is 2. The van der Waals surface area contributed by atoms with Gasteiger partial charge in [-0.15, -0.1) is 12.6 Å². The van der Waals surface area contributed by atoms with Crippen LogP contribution in [0.5, 0.6) is 17.2 Å². The van der Waals surface area contributed by atoms with Gasteiger partial charge in [-0.05, 0) is 49.2 Å². The first-order chi connectivity index (χ1) is 8.40. The second kappa shape index (κ2) is 4.46. The first-order valence-electron chi connectivity index (χ1n) is 5.45. The van der Waals surface area contributed by atoms with Gasteiger partial charge in [-0.1, -0.05) is 0 Å². The largest absolute Gasteiger partial charge is 0.507 e. The zero-order valence-corrected chi connectivity index (χ0v) is 11.0. The molecule has 94 valence electrons. The van der Waals surface area contributed by atoms with Gasteiger partial charge in [0.1, 0.15) is 5.75 Å². The fraction of sp³-hybridized carbons (Fsp3) is 0.143. The van der Waals surface area contributed by atoms with E-state index in [1.54, 1.807) is 25.1 Å². The summed E-state index contributed by atoms with van der Waals surface area (Å²) in [7, 11) is 0. The molecule has 0 saturated carbocycles. The summed E-state index contributed by atoms with van der Waals surface area (Å²) in [5.41, 5.74) is 2.47. The van der Waals surface area contributed by atoms with Gasteiger partial charge >= 0.3 is 0 Å².